The zero-order valence-electron chi connectivity index (χ0n) is 9.40. The van der Waals surface area contributed by atoms with Crippen molar-refractivity contribution >= 4 is 33.8 Å². The van der Waals surface area contributed by atoms with Gasteiger partial charge in [-0.3, -0.25) is 9.59 Å². The average molecular weight is 311 g/mol. The minimum atomic E-state index is -0.580. The largest absolute Gasteiger partial charge is 0.488 e. The van der Waals surface area contributed by atoms with Gasteiger partial charge < -0.3 is 15.8 Å². The Morgan fingerprint density at radius 3 is 2.94 bits per heavy atom. The van der Waals surface area contributed by atoms with Crippen LogP contribution in [0.25, 0.3) is 6.08 Å². The van der Waals surface area contributed by atoms with Gasteiger partial charge in [-0.25, -0.2) is 0 Å². The van der Waals surface area contributed by atoms with Crippen LogP contribution in [0, 0.1) is 0 Å². The highest BCUT2D eigenvalue weighted by Gasteiger charge is 2.17. The molecule has 94 valence electrons. The van der Waals surface area contributed by atoms with Gasteiger partial charge in [0.05, 0.1) is 12.1 Å². The molecule has 0 atom stereocenters. The first-order valence-electron chi connectivity index (χ1n) is 5.25. The van der Waals surface area contributed by atoms with Gasteiger partial charge in [-0.05, 0) is 24.3 Å². The molecule has 0 aromatic heterocycles. The highest BCUT2D eigenvalue weighted by molar-refractivity contribution is 9.10. The summed E-state index contributed by atoms with van der Waals surface area (Å²) in [4.78, 5) is 22.3. The van der Waals surface area contributed by atoms with Gasteiger partial charge in [-0.15, -0.1) is 0 Å². The third kappa shape index (κ3) is 2.89. The molecule has 0 bridgehead atoms. The van der Waals surface area contributed by atoms with Gasteiger partial charge in [-0.2, -0.15) is 0 Å². The highest BCUT2D eigenvalue weighted by Crippen LogP contribution is 2.29. The van der Waals surface area contributed by atoms with E-state index in [1.165, 1.54) is 0 Å². The number of fused-ring (bicyclic) bond motifs is 1. The van der Waals surface area contributed by atoms with Gasteiger partial charge in [0, 0.05) is 10.0 Å². The number of nitrogens with two attached hydrogens (primary N) is 1. The van der Waals surface area contributed by atoms with Crippen LogP contribution in [0.4, 0.5) is 0 Å². The average Bonchev–Trinajstić information content (AvgIpc) is 2.34. The number of nitrogens with one attached hydrogen (secondary N) is 1. The number of primary amides is 1. The van der Waals surface area contributed by atoms with Crippen LogP contribution in [0.2, 0.25) is 0 Å². The Balaban J connectivity index is 2.16. The van der Waals surface area contributed by atoms with Crippen LogP contribution in [0.5, 0.6) is 5.75 Å². The second-order valence-electron chi connectivity index (χ2n) is 3.79. The van der Waals surface area contributed by atoms with E-state index in [2.05, 4.69) is 21.2 Å². The molecule has 2 amide bonds. The molecule has 0 saturated heterocycles. The van der Waals surface area contributed by atoms with Crippen molar-refractivity contribution in [3.63, 3.8) is 0 Å². The number of hydrogen-bond acceptors (Lipinski definition) is 3. The molecule has 0 saturated carbocycles. The molecule has 2 rings (SSSR count). The monoisotopic (exact) mass is 310 g/mol. The number of amides is 2. The maximum Gasteiger partial charge on any atom is 0.251 e. The topological polar surface area (TPSA) is 81.4 Å². The molecule has 18 heavy (non-hydrogen) atoms. The summed E-state index contributed by atoms with van der Waals surface area (Å²) >= 11 is 3.35. The number of carbonyl (C=O) groups excluding carboxylic acids is 2. The summed E-state index contributed by atoms with van der Waals surface area (Å²) in [6.45, 7) is 0.000736. The third-order valence-electron chi connectivity index (χ3n) is 2.40. The summed E-state index contributed by atoms with van der Waals surface area (Å²) < 4.78 is 6.36. The number of hydrogen-bond donors (Lipinski definition) is 2. The lowest BCUT2D eigenvalue weighted by Gasteiger charge is -2.17. The standard InChI is InChI=1S/C12H11BrN2O3/c13-9-1-2-10-7(4-9)3-8(6-18-10)12(17)15-5-11(14)16/h1-4H,5-6H2,(H2,14,16)(H,15,17). The van der Waals surface area contributed by atoms with E-state index in [0.29, 0.717) is 5.57 Å². The quantitative estimate of drug-likeness (QED) is 0.867. The van der Waals surface area contributed by atoms with E-state index < -0.39 is 5.91 Å². The molecule has 3 N–H and O–H groups in total. The maximum absolute atomic E-state index is 11.7. The van der Waals surface area contributed by atoms with Crippen LogP contribution in [0.3, 0.4) is 0 Å². The highest BCUT2D eigenvalue weighted by atomic mass is 79.9. The second kappa shape index (κ2) is 5.22. The van der Waals surface area contributed by atoms with E-state index in [9.17, 15) is 9.59 Å². The number of benzene rings is 1. The van der Waals surface area contributed by atoms with Crippen molar-refractivity contribution in [3.05, 3.63) is 33.8 Å². The Hall–Kier alpha value is -1.82. The zero-order chi connectivity index (χ0) is 13.1. The molecular weight excluding hydrogens is 300 g/mol. The molecule has 0 unspecified atom stereocenters. The molecule has 1 heterocycles. The lowest BCUT2D eigenvalue weighted by atomic mass is 10.1. The molecule has 5 nitrogen and oxygen atoms in total. The Morgan fingerprint density at radius 1 is 1.44 bits per heavy atom. The number of rotatable bonds is 3. The molecule has 0 spiro atoms. The first-order valence-corrected chi connectivity index (χ1v) is 6.05. The molecule has 1 aromatic rings. The van der Waals surface area contributed by atoms with Crippen LogP contribution in [-0.4, -0.2) is 25.0 Å². The van der Waals surface area contributed by atoms with Crippen LogP contribution in [-0.2, 0) is 9.59 Å². The number of carbonyl (C=O) groups is 2. The summed E-state index contributed by atoms with van der Waals surface area (Å²) in [6, 6.07) is 5.55. The minimum Gasteiger partial charge on any atom is -0.488 e. The third-order valence-corrected chi connectivity index (χ3v) is 2.89. The normalized spacial score (nSPS) is 13.1. The lowest BCUT2D eigenvalue weighted by Crippen LogP contribution is -2.35. The van der Waals surface area contributed by atoms with Crippen LogP contribution in [0.1, 0.15) is 5.56 Å². The lowest BCUT2D eigenvalue weighted by molar-refractivity contribution is -0.122. The van der Waals surface area contributed by atoms with Crippen molar-refractivity contribution < 1.29 is 14.3 Å². The Bertz CT molecular complexity index is 540. The summed E-state index contributed by atoms with van der Waals surface area (Å²) in [5.74, 6) is -0.201. The number of halogens is 1. The van der Waals surface area contributed by atoms with Crippen molar-refractivity contribution in [3.8, 4) is 5.75 Å². The first kappa shape index (κ1) is 12.6. The van der Waals surface area contributed by atoms with Gasteiger partial charge in [0.2, 0.25) is 5.91 Å². The smallest absolute Gasteiger partial charge is 0.251 e. The molecule has 0 aliphatic carbocycles. The van der Waals surface area contributed by atoms with Crippen molar-refractivity contribution in [1.29, 1.82) is 0 Å². The molecule has 0 fully saturated rings. The molecule has 6 heteroatoms. The Labute approximate surface area is 112 Å². The predicted molar refractivity (Wildman–Crippen MR) is 69.8 cm³/mol. The summed E-state index contributed by atoms with van der Waals surface area (Å²) in [6.07, 6.45) is 1.74. The second-order valence-corrected chi connectivity index (χ2v) is 4.71. The number of ether oxygens (including phenoxy) is 1. The molecule has 1 aliphatic rings. The molecule has 1 aliphatic heterocycles. The molecule has 0 radical (unpaired) electrons. The Kier molecular flexibility index (Phi) is 3.66. The van der Waals surface area contributed by atoms with E-state index in [0.717, 1.165) is 15.8 Å². The summed E-state index contributed by atoms with van der Waals surface area (Å²) in [5, 5.41) is 2.42. The van der Waals surface area contributed by atoms with Crippen LogP contribution in [0.15, 0.2) is 28.2 Å². The van der Waals surface area contributed by atoms with Gasteiger partial charge >= 0.3 is 0 Å². The van der Waals surface area contributed by atoms with Gasteiger partial charge in [0.25, 0.3) is 5.91 Å². The van der Waals surface area contributed by atoms with Crippen molar-refractivity contribution in [2.24, 2.45) is 5.73 Å². The van der Waals surface area contributed by atoms with Crippen molar-refractivity contribution in [1.82, 2.24) is 5.32 Å². The van der Waals surface area contributed by atoms with Crippen molar-refractivity contribution in [2.75, 3.05) is 13.2 Å². The maximum atomic E-state index is 11.7. The van der Waals surface area contributed by atoms with Crippen molar-refractivity contribution in [2.45, 2.75) is 0 Å². The zero-order valence-corrected chi connectivity index (χ0v) is 11.0. The Morgan fingerprint density at radius 2 is 2.22 bits per heavy atom. The fourth-order valence-electron chi connectivity index (χ4n) is 1.56. The fraction of sp³-hybridized carbons (Fsp3) is 0.167. The van der Waals surface area contributed by atoms with Crippen LogP contribution >= 0.6 is 15.9 Å². The summed E-state index contributed by atoms with van der Waals surface area (Å²) in [7, 11) is 0. The predicted octanol–water partition coefficient (Wildman–Crippen LogP) is 0.826. The molecular formula is C12H11BrN2O3. The SMILES string of the molecule is NC(=O)CNC(=O)C1=Cc2cc(Br)ccc2OC1. The first-order chi connectivity index (χ1) is 8.56. The van der Waals surface area contributed by atoms with E-state index in [-0.39, 0.29) is 19.1 Å². The van der Waals surface area contributed by atoms with Crippen LogP contribution < -0.4 is 15.8 Å². The van der Waals surface area contributed by atoms with E-state index in [4.69, 9.17) is 10.5 Å². The van der Waals surface area contributed by atoms with E-state index in [1.54, 1.807) is 6.08 Å². The minimum absolute atomic E-state index is 0.179. The van der Waals surface area contributed by atoms with Gasteiger partial charge in [-0.1, -0.05) is 15.9 Å². The fourth-order valence-corrected chi connectivity index (χ4v) is 1.94. The molecule has 1 aromatic carbocycles. The van der Waals surface area contributed by atoms with E-state index in [1.807, 2.05) is 18.2 Å². The van der Waals surface area contributed by atoms with E-state index >= 15 is 0 Å². The van der Waals surface area contributed by atoms with Gasteiger partial charge in [0.1, 0.15) is 12.4 Å². The van der Waals surface area contributed by atoms with Gasteiger partial charge in [0.15, 0.2) is 0 Å². The summed E-state index contributed by atoms with van der Waals surface area (Å²) in [5.41, 5.74) is 6.24.